The van der Waals surface area contributed by atoms with Crippen LogP contribution in [0.5, 0.6) is 0 Å². The van der Waals surface area contributed by atoms with Crippen LogP contribution >= 0.6 is 11.3 Å². The fraction of sp³-hybridized carbons (Fsp3) is 0.125. The highest BCUT2D eigenvalue weighted by molar-refractivity contribution is 7.89. The molecule has 7 heteroatoms. The van der Waals surface area contributed by atoms with Crippen molar-refractivity contribution in [1.82, 2.24) is 4.72 Å². The molecule has 23 heavy (non-hydrogen) atoms. The molecule has 0 aliphatic carbocycles. The summed E-state index contributed by atoms with van der Waals surface area (Å²) < 4.78 is 32.5. The molecule has 5 nitrogen and oxygen atoms in total. The van der Waals surface area contributed by atoms with Crippen molar-refractivity contribution in [2.75, 3.05) is 6.54 Å². The van der Waals surface area contributed by atoms with Gasteiger partial charge in [-0.2, -0.15) is 0 Å². The molecule has 0 radical (unpaired) electrons. The van der Waals surface area contributed by atoms with E-state index in [-0.39, 0.29) is 17.2 Å². The average Bonchev–Trinajstić information content (AvgIpc) is 3.27. The van der Waals surface area contributed by atoms with Crippen LogP contribution in [0.15, 0.2) is 75.6 Å². The van der Waals surface area contributed by atoms with Gasteiger partial charge in [0.05, 0.1) is 17.7 Å². The highest BCUT2D eigenvalue weighted by atomic mass is 32.2. The van der Waals surface area contributed by atoms with Crippen LogP contribution in [-0.2, 0) is 15.6 Å². The lowest BCUT2D eigenvalue weighted by atomic mass is 9.99. The molecule has 0 unspecified atom stereocenters. The molecule has 3 aromatic rings. The van der Waals surface area contributed by atoms with E-state index in [0.29, 0.717) is 4.88 Å². The maximum Gasteiger partial charge on any atom is 0.240 e. The maximum absolute atomic E-state index is 12.4. The quantitative estimate of drug-likeness (QED) is 0.717. The fourth-order valence-electron chi connectivity index (χ4n) is 2.21. The molecule has 0 fully saturated rings. The van der Waals surface area contributed by atoms with Gasteiger partial charge in [0, 0.05) is 4.88 Å². The second kappa shape index (κ2) is 6.29. The van der Waals surface area contributed by atoms with Crippen LogP contribution < -0.4 is 4.72 Å². The Balaban J connectivity index is 1.89. The van der Waals surface area contributed by atoms with Crippen molar-refractivity contribution in [3.63, 3.8) is 0 Å². The second-order valence-corrected chi connectivity index (χ2v) is 7.67. The lowest BCUT2D eigenvalue weighted by molar-refractivity contribution is 0.0655. The summed E-state index contributed by atoms with van der Waals surface area (Å²) in [5.41, 5.74) is -1.56. The number of benzene rings is 1. The number of hydrogen-bond acceptors (Lipinski definition) is 5. The number of furan rings is 1. The van der Waals surface area contributed by atoms with Gasteiger partial charge < -0.3 is 9.52 Å². The van der Waals surface area contributed by atoms with Gasteiger partial charge in [-0.3, -0.25) is 0 Å². The van der Waals surface area contributed by atoms with Gasteiger partial charge in [-0.15, -0.1) is 11.3 Å². The summed E-state index contributed by atoms with van der Waals surface area (Å²) in [7, 11) is -3.72. The van der Waals surface area contributed by atoms with Crippen molar-refractivity contribution in [2.45, 2.75) is 10.5 Å². The van der Waals surface area contributed by atoms with E-state index in [0.717, 1.165) is 0 Å². The van der Waals surface area contributed by atoms with Gasteiger partial charge in [-0.05, 0) is 35.7 Å². The molecular formula is C16H15NO4S2. The first-order chi connectivity index (χ1) is 11.0. The van der Waals surface area contributed by atoms with Crippen LogP contribution in [0.2, 0.25) is 0 Å². The molecular weight excluding hydrogens is 334 g/mol. The Labute approximate surface area is 138 Å². The molecule has 0 aliphatic rings. The number of thiophene rings is 1. The Morgan fingerprint density at radius 1 is 1.09 bits per heavy atom. The largest absolute Gasteiger partial charge is 0.466 e. The van der Waals surface area contributed by atoms with Crippen LogP contribution in [0.1, 0.15) is 10.6 Å². The lowest BCUT2D eigenvalue weighted by Crippen LogP contribution is -2.40. The number of rotatable bonds is 6. The van der Waals surface area contributed by atoms with Gasteiger partial charge in [0.2, 0.25) is 10.0 Å². The third-order valence-corrected chi connectivity index (χ3v) is 5.87. The monoisotopic (exact) mass is 349 g/mol. The second-order valence-electron chi connectivity index (χ2n) is 4.95. The third-order valence-electron chi connectivity index (χ3n) is 3.43. The molecule has 0 spiro atoms. The fourth-order valence-corrected chi connectivity index (χ4v) is 4.12. The van der Waals surface area contributed by atoms with Crippen molar-refractivity contribution in [2.24, 2.45) is 0 Å². The van der Waals surface area contributed by atoms with E-state index in [1.807, 2.05) is 5.38 Å². The van der Waals surface area contributed by atoms with Crippen molar-refractivity contribution in [1.29, 1.82) is 0 Å². The summed E-state index contributed by atoms with van der Waals surface area (Å²) >= 11 is 1.33. The lowest BCUT2D eigenvalue weighted by Gasteiger charge is -2.25. The maximum atomic E-state index is 12.4. The summed E-state index contributed by atoms with van der Waals surface area (Å²) in [6, 6.07) is 14.8. The summed E-state index contributed by atoms with van der Waals surface area (Å²) in [6.45, 7) is -0.224. The summed E-state index contributed by atoms with van der Waals surface area (Å²) in [6.07, 6.45) is 1.44. The van der Waals surface area contributed by atoms with E-state index >= 15 is 0 Å². The van der Waals surface area contributed by atoms with E-state index in [2.05, 4.69) is 4.72 Å². The number of aliphatic hydroxyl groups is 1. The Morgan fingerprint density at radius 2 is 1.87 bits per heavy atom. The zero-order chi connectivity index (χ0) is 16.3. The first-order valence-corrected chi connectivity index (χ1v) is 9.24. The minimum atomic E-state index is -3.72. The van der Waals surface area contributed by atoms with E-state index in [9.17, 15) is 13.5 Å². The molecule has 0 aliphatic heterocycles. The number of nitrogens with one attached hydrogen (secondary N) is 1. The summed E-state index contributed by atoms with van der Waals surface area (Å²) in [5, 5.41) is 12.8. The van der Waals surface area contributed by atoms with Crippen LogP contribution in [0, 0.1) is 0 Å². The third kappa shape index (κ3) is 3.23. The Hall–Kier alpha value is -1.93. The van der Waals surface area contributed by atoms with Gasteiger partial charge in [0.15, 0.2) is 5.60 Å². The highest BCUT2D eigenvalue weighted by Gasteiger charge is 2.37. The van der Waals surface area contributed by atoms with Gasteiger partial charge in [0.1, 0.15) is 5.76 Å². The van der Waals surface area contributed by atoms with Gasteiger partial charge >= 0.3 is 0 Å². The number of hydrogen-bond donors (Lipinski definition) is 2. The molecule has 0 bridgehead atoms. The van der Waals surface area contributed by atoms with Crippen LogP contribution in [0.4, 0.5) is 0 Å². The molecule has 0 saturated heterocycles. The van der Waals surface area contributed by atoms with Gasteiger partial charge in [-0.25, -0.2) is 13.1 Å². The van der Waals surface area contributed by atoms with Crippen molar-refractivity contribution < 1.29 is 17.9 Å². The molecule has 2 N–H and O–H groups in total. The van der Waals surface area contributed by atoms with Crippen LogP contribution in [0.25, 0.3) is 0 Å². The van der Waals surface area contributed by atoms with Crippen LogP contribution in [-0.4, -0.2) is 20.1 Å². The molecule has 0 saturated carbocycles. The molecule has 120 valence electrons. The summed E-state index contributed by atoms with van der Waals surface area (Å²) in [5.74, 6) is 0.288. The van der Waals surface area contributed by atoms with Crippen LogP contribution in [0.3, 0.4) is 0 Å². The van der Waals surface area contributed by atoms with Gasteiger partial charge in [0.25, 0.3) is 0 Å². The van der Waals surface area contributed by atoms with Crippen molar-refractivity contribution in [3.05, 3.63) is 76.9 Å². The Morgan fingerprint density at radius 3 is 2.48 bits per heavy atom. The van der Waals surface area contributed by atoms with Gasteiger partial charge in [-0.1, -0.05) is 24.3 Å². The predicted molar refractivity (Wildman–Crippen MR) is 87.7 cm³/mol. The highest BCUT2D eigenvalue weighted by Crippen LogP contribution is 2.33. The normalized spacial score (nSPS) is 14.5. The Bertz CT molecular complexity index is 807. The molecule has 2 heterocycles. The molecule has 2 aromatic heterocycles. The smallest absolute Gasteiger partial charge is 0.240 e. The SMILES string of the molecule is O=S(=O)(NC[C@](O)(c1ccco1)c1cccs1)c1ccccc1. The van der Waals surface area contributed by atoms with E-state index < -0.39 is 15.6 Å². The van der Waals surface area contributed by atoms with E-state index in [1.54, 1.807) is 42.5 Å². The first-order valence-electron chi connectivity index (χ1n) is 6.87. The zero-order valence-electron chi connectivity index (χ0n) is 12.0. The van der Waals surface area contributed by atoms with E-state index in [4.69, 9.17) is 4.42 Å². The predicted octanol–water partition coefficient (Wildman–Crippen LogP) is 2.56. The van der Waals surface area contributed by atoms with E-state index in [1.165, 1.54) is 29.7 Å². The number of sulfonamides is 1. The molecule has 3 rings (SSSR count). The van der Waals surface area contributed by atoms with Crippen molar-refractivity contribution in [3.8, 4) is 0 Å². The Kier molecular flexibility index (Phi) is 4.36. The molecule has 1 aromatic carbocycles. The molecule has 0 amide bonds. The topological polar surface area (TPSA) is 79.5 Å². The standard InChI is InChI=1S/C16H15NO4S2/c18-16(14-8-4-10-21-14,15-9-5-11-22-15)12-17-23(19,20)13-6-2-1-3-7-13/h1-11,17-18H,12H2/t16-/m0/s1. The average molecular weight is 349 g/mol. The zero-order valence-corrected chi connectivity index (χ0v) is 13.7. The minimum absolute atomic E-state index is 0.146. The first kappa shape index (κ1) is 15.9. The molecule has 1 atom stereocenters. The van der Waals surface area contributed by atoms with Crippen molar-refractivity contribution >= 4 is 21.4 Å². The summed E-state index contributed by atoms with van der Waals surface area (Å²) in [4.78, 5) is 0.746. The minimum Gasteiger partial charge on any atom is -0.466 e.